The third-order valence-corrected chi connectivity index (χ3v) is 8.15. The predicted molar refractivity (Wildman–Crippen MR) is 197 cm³/mol. The Kier molecular flexibility index (Phi) is 17.7. The Hall–Kier alpha value is -6.04. The van der Waals surface area contributed by atoms with Gasteiger partial charge in [0.25, 0.3) is 0 Å². The molecule has 1 fully saturated rings. The van der Waals surface area contributed by atoms with E-state index in [0.29, 0.717) is 42.6 Å². The summed E-state index contributed by atoms with van der Waals surface area (Å²) in [7, 11) is 0. The van der Waals surface area contributed by atoms with Crippen LogP contribution in [0.25, 0.3) is 10.4 Å². The first-order valence-corrected chi connectivity index (χ1v) is 17.7. The number of azide groups is 1. The molecule has 0 aromatic heterocycles. The van der Waals surface area contributed by atoms with Crippen molar-refractivity contribution in [3.05, 3.63) is 76.2 Å². The zero-order valence-corrected chi connectivity index (χ0v) is 31.7. The summed E-state index contributed by atoms with van der Waals surface area (Å²) in [6.45, 7) is 5.44. The minimum Gasteiger partial charge on any atom is -0.463 e. The average molecular weight is 782 g/mol. The molecule has 0 radical (unpaired) electrons. The molecule has 19 nitrogen and oxygen atoms in total. The van der Waals surface area contributed by atoms with E-state index in [0.717, 1.165) is 20.8 Å². The van der Waals surface area contributed by atoms with Crippen molar-refractivity contribution in [1.29, 1.82) is 0 Å². The van der Waals surface area contributed by atoms with Gasteiger partial charge in [-0.25, -0.2) is 0 Å². The van der Waals surface area contributed by atoms with Crippen LogP contribution in [0.1, 0.15) is 71.1 Å². The Morgan fingerprint density at radius 1 is 0.821 bits per heavy atom. The van der Waals surface area contributed by atoms with Crippen molar-refractivity contribution in [3.63, 3.8) is 0 Å². The molecular formula is C37H47N7O12. The fraction of sp³-hybridized carbons (Fsp3) is 0.486. The number of anilines is 1. The number of amides is 4. The van der Waals surface area contributed by atoms with Gasteiger partial charge in [-0.15, -0.1) is 0 Å². The molecule has 3 rings (SSSR count). The first-order valence-electron chi connectivity index (χ1n) is 17.7. The van der Waals surface area contributed by atoms with Crippen LogP contribution in [0.2, 0.25) is 0 Å². The topological polar surface area (TPSA) is 263 Å². The van der Waals surface area contributed by atoms with Crippen molar-refractivity contribution in [2.75, 3.05) is 25.0 Å². The van der Waals surface area contributed by atoms with Gasteiger partial charge in [-0.3, -0.25) is 33.6 Å². The number of esters is 3. The first-order chi connectivity index (χ1) is 26.7. The largest absolute Gasteiger partial charge is 0.463 e. The van der Waals surface area contributed by atoms with Gasteiger partial charge in [0.1, 0.15) is 37.4 Å². The van der Waals surface area contributed by atoms with Gasteiger partial charge >= 0.3 is 17.9 Å². The first kappa shape index (κ1) is 44.4. The minimum atomic E-state index is -1.48. The predicted octanol–water partition coefficient (Wildman–Crippen LogP) is 2.49. The van der Waals surface area contributed by atoms with Gasteiger partial charge < -0.3 is 45.0 Å². The summed E-state index contributed by atoms with van der Waals surface area (Å²) in [6, 6.07) is 13.2. The number of nitrogens with zero attached hydrogens (tertiary/aromatic N) is 3. The van der Waals surface area contributed by atoms with E-state index in [1.165, 1.54) is 13.8 Å². The lowest BCUT2D eigenvalue weighted by Gasteiger charge is -2.45. The van der Waals surface area contributed by atoms with Crippen molar-refractivity contribution in [1.82, 2.24) is 16.0 Å². The van der Waals surface area contributed by atoms with Crippen LogP contribution >= 0.6 is 0 Å². The van der Waals surface area contributed by atoms with E-state index >= 15 is 0 Å². The lowest BCUT2D eigenvalue weighted by molar-refractivity contribution is -0.285. The maximum atomic E-state index is 13.2. The van der Waals surface area contributed by atoms with Crippen LogP contribution in [0.4, 0.5) is 5.69 Å². The molecule has 0 bridgehead atoms. The van der Waals surface area contributed by atoms with Gasteiger partial charge in [-0.2, -0.15) is 0 Å². The Bertz CT molecular complexity index is 1740. The second-order valence-corrected chi connectivity index (χ2v) is 12.7. The fourth-order valence-electron chi connectivity index (χ4n) is 5.83. The summed E-state index contributed by atoms with van der Waals surface area (Å²) in [6.07, 6.45) is -5.01. The molecule has 7 atom stereocenters. The van der Waals surface area contributed by atoms with Crippen molar-refractivity contribution >= 4 is 47.2 Å². The highest BCUT2D eigenvalue weighted by atomic mass is 16.7. The average Bonchev–Trinajstić information content (AvgIpc) is 3.13. The van der Waals surface area contributed by atoms with E-state index in [4.69, 9.17) is 29.2 Å². The second-order valence-electron chi connectivity index (χ2n) is 12.7. The zero-order valence-electron chi connectivity index (χ0n) is 31.7. The van der Waals surface area contributed by atoms with Gasteiger partial charge in [-0.05, 0) is 48.1 Å². The summed E-state index contributed by atoms with van der Waals surface area (Å²) < 4.78 is 29.1. The minimum absolute atomic E-state index is 0.160. The molecule has 19 heteroatoms. The fourth-order valence-corrected chi connectivity index (χ4v) is 5.83. The third-order valence-electron chi connectivity index (χ3n) is 8.15. The molecule has 1 aliphatic rings. The summed E-state index contributed by atoms with van der Waals surface area (Å²) >= 11 is 0. The Balaban J connectivity index is 1.98. The van der Waals surface area contributed by atoms with Gasteiger partial charge in [0.2, 0.25) is 23.6 Å². The monoisotopic (exact) mass is 781 g/mol. The molecule has 0 saturated carbocycles. The molecule has 2 aromatic rings. The summed E-state index contributed by atoms with van der Waals surface area (Å²) in [5, 5.41) is 14.1. The van der Waals surface area contributed by atoms with Gasteiger partial charge in [0, 0.05) is 51.8 Å². The van der Waals surface area contributed by atoms with Crippen molar-refractivity contribution in [2.24, 2.45) is 5.11 Å². The Labute approximate surface area is 323 Å². The highest BCUT2D eigenvalue weighted by Gasteiger charge is 2.52. The van der Waals surface area contributed by atoms with E-state index in [1.54, 1.807) is 54.6 Å². The lowest BCUT2D eigenvalue weighted by atomic mass is 9.95. The molecular weight excluding hydrogens is 734 g/mol. The molecule has 4 amide bonds. The maximum absolute atomic E-state index is 13.2. The number of nitrogens with one attached hydrogen (secondary N) is 4. The van der Waals surface area contributed by atoms with Crippen LogP contribution in [-0.2, 0) is 57.2 Å². The van der Waals surface area contributed by atoms with E-state index in [1.807, 2.05) is 0 Å². The molecule has 4 N–H and O–H groups in total. The molecule has 0 aliphatic carbocycles. The molecule has 5 unspecified atom stereocenters. The van der Waals surface area contributed by atoms with E-state index < -0.39 is 85.7 Å². The molecule has 1 saturated heterocycles. The summed E-state index contributed by atoms with van der Waals surface area (Å²) in [4.78, 5) is 88.3. The van der Waals surface area contributed by atoms with Crippen LogP contribution in [-0.4, -0.2) is 97.9 Å². The number of rotatable bonds is 19. The molecule has 56 heavy (non-hydrogen) atoms. The zero-order chi connectivity index (χ0) is 41.2. The van der Waals surface area contributed by atoms with Gasteiger partial charge in [0.05, 0.1) is 0 Å². The van der Waals surface area contributed by atoms with Crippen molar-refractivity contribution in [2.45, 2.75) is 96.7 Å². The molecule has 0 spiro atoms. The normalized spacial score (nSPS) is 19.8. The number of hydrogen-bond acceptors (Lipinski definition) is 13. The SMILES string of the molecule is CC(=O)NCCCCC(NC(C)=O)C(=O)Nc1ccc(C(O[C@@H]2OC(COC(C)=O)[C@@H](OC(C)=O)C(OC(C)=O)C2NC(=O)CN=[N+]=[N-])c2ccccc2)cc1. The molecule has 2 aromatic carbocycles. The number of hydrogen-bond donors (Lipinski definition) is 4. The maximum Gasteiger partial charge on any atom is 0.303 e. The van der Waals surface area contributed by atoms with Crippen LogP contribution in [0, 0.1) is 0 Å². The smallest absolute Gasteiger partial charge is 0.303 e. The van der Waals surface area contributed by atoms with Gasteiger partial charge in [0.15, 0.2) is 18.5 Å². The van der Waals surface area contributed by atoms with Crippen LogP contribution in [0.3, 0.4) is 0 Å². The molecule has 1 heterocycles. The summed E-state index contributed by atoms with van der Waals surface area (Å²) in [5.74, 6) is -4.07. The van der Waals surface area contributed by atoms with Crippen LogP contribution in [0.5, 0.6) is 0 Å². The molecule has 1 aliphatic heterocycles. The standard InChI is InChI=1S/C37H47N7O12/c1-21(45)39-18-10-9-13-29(41-22(2)46)36(51)42-28-16-14-27(15-17-28)33(26-11-7-6-8-12-26)56-37-32(43-31(50)19-40-44-38)35(54-25(5)49)34(53-24(4)48)30(55-37)20-52-23(3)47/h6-8,11-12,14-17,29-30,32-35,37H,9-10,13,18-20H2,1-5H3,(H,39,45)(H,41,46)(H,42,51)(H,43,50)/t29?,30?,32?,33?,34-,35?,37+/m1/s1. The number of carbonyl (C=O) groups excluding carboxylic acids is 7. The molecule has 302 valence electrons. The van der Waals surface area contributed by atoms with Crippen LogP contribution < -0.4 is 21.3 Å². The van der Waals surface area contributed by atoms with Gasteiger partial charge in [-0.1, -0.05) is 47.6 Å². The van der Waals surface area contributed by atoms with Crippen molar-refractivity contribution < 1.29 is 57.2 Å². The van der Waals surface area contributed by atoms with E-state index in [9.17, 15) is 33.6 Å². The number of carbonyl (C=O) groups is 7. The summed E-state index contributed by atoms with van der Waals surface area (Å²) in [5.41, 5.74) is 10.3. The quantitative estimate of drug-likeness (QED) is 0.0400. The van der Waals surface area contributed by atoms with E-state index in [2.05, 4.69) is 31.3 Å². The van der Waals surface area contributed by atoms with Crippen molar-refractivity contribution in [3.8, 4) is 0 Å². The highest BCUT2D eigenvalue weighted by molar-refractivity contribution is 5.97. The Morgan fingerprint density at radius 2 is 1.46 bits per heavy atom. The second kappa shape index (κ2) is 22.4. The number of unbranched alkanes of at least 4 members (excludes halogenated alkanes) is 1. The number of benzene rings is 2. The third kappa shape index (κ3) is 14.7. The highest BCUT2D eigenvalue weighted by Crippen LogP contribution is 2.34. The van der Waals surface area contributed by atoms with Crippen LogP contribution in [0.15, 0.2) is 59.7 Å². The van der Waals surface area contributed by atoms with E-state index in [-0.39, 0.29) is 11.8 Å². The number of ether oxygens (including phenoxy) is 5. The Morgan fingerprint density at radius 3 is 2.05 bits per heavy atom. The lowest BCUT2D eigenvalue weighted by Crippen LogP contribution is -2.67.